The summed E-state index contributed by atoms with van der Waals surface area (Å²) < 4.78 is 27.0. The molecule has 1 amide bonds. The van der Waals surface area contributed by atoms with Gasteiger partial charge in [-0.1, -0.05) is 13.0 Å². The Morgan fingerprint density at radius 2 is 1.90 bits per heavy atom. The Bertz CT molecular complexity index is 451. The summed E-state index contributed by atoms with van der Waals surface area (Å²) in [6.07, 6.45) is 1.57. The van der Waals surface area contributed by atoms with Gasteiger partial charge in [0, 0.05) is 24.7 Å². The molecule has 0 spiro atoms. The van der Waals surface area contributed by atoms with Crippen LogP contribution in [0.1, 0.15) is 25.3 Å². The van der Waals surface area contributed by atoms with Crippen molar-refractivity contribution in [3.63, 3.8) is 0 Å². The fourth-order valence-electron chi connectivity index (χ4n) is 2.59. The van der Waals surface area contributed by atoms with Gasteiger partial charge in [0.25, 0.3) is 0 Å². The predicted octanol–water partition coefficient (Wildman–Crippen LogP) is 2.11. The van der Waals surface area contributed by atoms with E-state index in [2.05, 4.69) is 12.2 Å². The summed E-state index contributed by atoms with van der Waals surface area (Å²) in [4.78, 5) is 13.8. The highest BCUT2D eigenvalue weighted by Gasteiger charge is 2.23. The normalized spacial score (nSPS) is 16.4. The standard InChI is InChI=1S/C15H20F2N2O/c1-2-18-11-6-8-19(9-7-11)15(20)10-12-13(16)4-3-5-14(12)17/h3-5,11,18H,2,6-10H2,1H3. The molecule has 0 unspecified atom stereocenters. The Balaban J connectivity index is 1.93. The number of hydrogen-bond acceptors (Lipinski definition) is 2. The number of benzene rings is 1. The van der Waals surface area contributed by atoms with Crippen LogP contribution in [0.5, 0.6) is 0 Å². The van der Waals surface area contributed by atoms with Crippen molar-refractivity contribution in [2.75, 3.05) is 19.6 Å². The smallest absolute Gasteiger partial charge is 0.227 e. The maximum Gasteiger partial charge on any atom is 0.227 e. The molecule has 1 aromatic rings. The van der Waals surface area contributed by atoms with Crippen LogP contribution in [0.2, 0.25) is 0 Å². The predicted molar refractivity (Wildman–Crippen MR) is 73.3 cm³/mol. The fourth-order valence-corrected chi connectivity index (χ4v) is 2.59. The largest absolute Gasteiger partial charge is 0.342 e. The van der Waals surface area contributed by atoms with Crippen molar-refractivity contribution in [2.24, 2.45) is 0 Å². The molecule has 0 radical (unpaired) electrons. The second-order valence-electron chi connectivity index (χ2n) is 5.09. The molecule has 5 heteroatoms. The number of carbonyl (C=O) groups is 1. The Hall–Kier alpha value is -1.49. The van der Waals surface area contributed by atoms with Gasteiger partial charge in [-0.05, 0) is 31.5 Å². The lowest BCUT2D eigenvalue weighted by Crippen LogP contribution is -2.45. The van der Waals surface area contributed by atoms with Gasteiger partial charge in [0.05, 0.1) is 6.42 Å². The van der Waals surface area contributed by atoms with E-state index in [4.69, 9.17) is 0 Å². The van der Waals surface area contributed by atoms with Crippen molar-refractivity contribution in [1.82, 2.24) is 10.2 Å². The van der Waals surface area contributed by atoms with E-state index in [-0.39, 0.29) is 17.9 Å². The van der Waals surface area contributed by atoms with E-state index < -0.39 is 11.6 Å². The van der Waals surface area contributed by atoms with Crippen LogP contribution >= 0.6 is 0 Å². The van der Waals surface area contributed by atoms with E-state index in [1.54, 1.807) is 4.90 Å². The summed E-state index contributed by atoms with van der Waals surface area (Å²) in [6.45, 7) is 4.26. The maximum absolute atomic E-state index is 13.5. The van der Waals surface area contributed by atoms with Crippen molar-refractivity contribution in [3.8, 4) is 0 Å². The number of rotatable bonds is 4. The molecule has 0 bridgehead atoms. The molecular weight excluding hydrogens is 262 g/mol. The minimum atomic E-state index is -0.652. The molecule has 0 saturated carbocycles. The monoisotopic (exact) mass is 282 g/mol. The molecule has 2 rings (SSSR count). The molecule has 0 aromatic heterocycles. The van der Waals surface area contributed by atoms with Crippen molar-refractivity contribution in [1.29, 1.82) is 0 Å². The van der Waals surface area contributed by atoms with Crippen LogP contribution in [0.25, 0.3) is 0 Å². The SMILES string of the molecule is CCNC1CCN(C(=O)Cc2c(F)cccc2F)CC1. The van der Waals surface area contributed by atoms with Gasteiger partial charge in [-0.3, -0.25) is 4.79 Å². The first-order valence-corrected chi connectivity index (χ1v) is 7.06. The highest BCUT2D eigenvalue weighted by atomic mass is 19.1. The van der Waals surface area contributed by atoms with Crippen LogP contribution in [-0.2, 0) is 11.2 Å². The summed E-state index contributed by atoms with van der Waals surface area (Å²) in [5, 5.41) is 3.35. The zero-order chi connectivity index (χ0) is 14.5. The summed E-state index contributed by atoms with van der Waals surface area (Å²) in [6, 6.07) is 4.11. The second kappa shape index (κ2) is 6.79. The van der Waals surface area contributed by atoms with Crippen LogP contribution in [-0.4, -0.2) is 36.5 Å². The number of amides is 1. The molecule has 1 saturated heterocycles. The molecule has 3 nitrogen and oxygen atoms in total. The third-order valence-corrected chi connectivity index (χ3v) is 3.73. The fraction of sp³-hybridized carbons (Fsp3) is 0.533. The van der Waals surface area contributed by atoms with E-state index >= 15 is 0 Å². The average Bonchev–Trinajstić information content (AvgIpc) is 2.44. The molecule has 0 aliphatic carbocycles. The molecule has 1 fully saturated rings. The van der Waals surface area contributed by atoms with Crippen LogP contribution < -0.4 is 5.32 Å². The third kappa shape index (κ3) is 3.54. The first-order valence-electron chi connectivity index (χ1n) is 7.06. The Kier molecular flexibility index (Phi) is 5.06. The molecule has 0 atom stereocenters. The molecule has 20 heavy (non-hydrogen) atoms. The number of hydrogen-bond donors (Lipinski definition) is 1. The third-order valence-electron chi connectivity index (χ3n) is 3.73. The van der Waals surface area contributed by atoms with E-state index in [1.165, 1.54) is 18.2 Å². The molecular formula is C15H20F2N2O. The molecule has 1 N–H and O–H groups in total. The van der Waals surface area contributed by atoms with Crippen LogP contribution in [0.15, 0.2) is 18.2 Å². The quantitative estimate of drug-likeness (QED) is 0.917. The van der Waals surface area contributed by atoms with E-state index in [0.717, 1.165) is 19.4 Å². The van der Waals surface area contributed by atoms with Crippen molar-refractivity contribution < 1.29 is 13.6 Å². The van der Waals surface area contributed by atoms with Gasteiger partial charge < -0.3 is 10.2 Å². The number of carbonyl (C=O) groups excluding carboxylic acids is 1. The number of likely N-dealkylation sites (tertiary alicyclic amines) is 1. The zero-order valence-corrected chi connectivity index (χ0v) is 11.7. The Morgan fingerprint density at radius 1 is 1.30 bits per heavy atom. The summed E-state index contributed by atoms with van der Waals surface area (Å²) >= 11 is 0. The first-order chi connectivity index (χ1) is 9.61. The van der Waals surface area contributed by atoms with Crippen molar-refractivity contribution >= 4 is 5.91 Å². The van der Waals surface area contributed by atoms with Crippen LogP contribution in [0.4, 0.5) is 8.78 Å². The number of nitrogens with zero attached hydrogens (tertiary/aromatic N) is 1. The van der Waals surface area contributed by atoms with Gasteiger partial charge in [0.15, 0.2) is 0 Å². The van der Waals surface area contributed by atoms with E-state index in [1.807, 2.05) is 0 Å². The van der Waals surface area contributed by atoms with Gasteiger partial charge in [-0.25, -0.2) is 8.78 Å². The average molecular weight is 282 g/mol. The first kappa shape index (κ1) is 14.9. The molecule has 1 aliphatic heterocycles. The minimum absolute atomic E-state index is 0.133. The highest BCUT2D eigenvalue weighted by Crippen LogP contribution is 2.16. The summed E-state index contributed by atoms with van der Waals surface area (Å²) in [5.74, 6) is -1.51. The van der Waals surface area contributed by atoms with E-state index in [0.29, 0.717) is 19.1 Å². The summed E-state index contributed by atoms with van der Waals surface area (Å²) in [7, 11) is 0. The molecule has 110 valence electrons. The lowest BCUT2D eigenvalue weighted by Gasteiger charge is -2.32. The Labute approximate surface area is 118 Å². The Morgan fingerprint density at radius 3 is 2.45 bits per heavy atom. The van der Waals surface area contributed by atoms with Crippen LogP contribution in [0.3, 0.4) is 0 Å². The zero-order valence-electron chi connectivity index (χ0n) is 11.7. The van der Waals surface area contributed by atoms with Crippen molar-refractivity contribution in [3.05, 3.63) is 35.4 Å². The minimum Gasteiger partial charge on any atom is -0.342 e. The van der Waals surface area contributed by atoms with Gasteiger partial charge >= 0.3 is 0 Å². The number of piperidine rings is 1. The van der Waals surface area contributed by atoms with Gasteiger partial charge in [0.1, 0.15) is 11.6 Å². The van der Waals surface area contributed by atoms with Gasteiger partial charge in [-0.15, -0.1) is 0 Å². The van der Waals surface area contributed by atoms with E-state index in [9.17, 15) is 13.6 Å². The van der Waals surface area contributed by atoms with Crippen LogP contribution in [0, 0.1) is 11.6 Å². The topological polar surface area (TPSA) is 32.3 Å². The maximum atomic E-state index is 13.5. The van der Waals surface area contributed by atoms with Gasteiger partial charge in [0.2, 0.25) is 5.91 Å². The summed E-state index contributed by atoms with van der Waals surface area (Å²) in [5.41, 5.74) is -0.133. The number of halogens is 2. The molecule has 1 aliphatic rings. The number of nitrogens with one attached hydrogen (secondary N) is 1. The second-order valence-corrected chi connectivity index (χ2v) is 5.09. The highest BCUT2D eigenvalue weighted by molar-refractivity contribution is 5.79. The van der Waals surface area contributed by atoms with Gasteiger partial charge in [-0.2, -0.15) is 0 Å². The molecule has 1 aromatic carbocycles. The lowest BCUT2D eigenvalue weighted by atomic mass is 10.0. The lowest BCUT2D eigenvalue weighted by molar-refractivity contribution is -0.131. The molecule has 1 heterocycles. The van der Waals surface area contributed by atoms with Crippen molar-refractivity contribution in [2.45, 2.75) is 32.2 Å².